The maximum Gasteiger partial charge on any atom is 0.250 e. The Hall–Kier alpha value is -2.51. The highest BCUT2D eigenvalue weighted by Crippen LogP contribution is 2.23. The first-order valence-corrected chi connectivity index (χ1v) is 7.70. The van der Waals surface area contributed by atoms with Crippen LogP contribution in [0.5, 0.6) is 11.6 Å². The molecule has 1 saturated heterocycles. The number of nitrogens with one attached hydrogen (secondary N) is 2. The van der Waals surface area contributed by atoms with Crippen LogP contribution in [0.15, 0.2) is 42.6 Å². The fourth-order valence-electron chi connectivity index (χ4n) is 2.32. The van der Waals surface area contributed by atoms with E-state index in [0.29, 0.717) is 30.3 Å². The van der Waals surface area contributed by atoms with E-state index in [9.17, 15) is 9.18 Å². The molecule has 0 radical (unpaired) electrons. The molecule has 126 valence electrons. The van der Waals surface area contributed by atoms with Gasteiger partial charge in [-0.2, -0.15) is 0 Å². The van der Waals surface area contributed by atoms with E-state index in [1.807, 2.05) is 0 Å². The van der Waals surface area contributed by atoms with E-state index in [-0.39, 0.29) is 18.3 Å². The van der Waals surface area contributed by atoms with Gasteiger partial charge in [0.2, 0.25) is 5.88 Å². The first-order chi connectivity index (χ1) is 11.7. The molecule has 1 atom stereocenters. The minimum Gasteiger partial charge on any atom is -0.439 e. The van der Waals surface area contributed by atoms with Crippen LogP contribution in [0.4, 0.5) is 4.39 Å². The van der Waals surface area contributed by atoms with Crippen molar-refractivity contribution in [1.82, 2.24) is 15.6 Å². The van der Waals surface area contributed by atoms with E-state index in [4.69, 9.17) is 9.47 Å². The van der Waals surface area contributed by atoms with Gasteiger partial charge in [0.05, 0.1) is 6.61 Å². The van der Waals surface area contributed by atoms with Gasteiger partial charge in [-0.25, -0.2) is 9.37 Å². The van der Waals surface area contributed by atoms with Gasteiger partial charge in [-0.15, -0.1) is 0 Å². The monoisotopic (exact) mass is 331 g/mol. The second kappa shape index (κ2) is 7.85. The number of halogens is 1. The minimum absolute atomic E-state index is 0.192. The van der Waals surface area contributed by atoms with Crippen molar-refractivity contribution in [2.75, 3.05) is 19.7 Å². The van der Waals surface area contributed by atoms with Crippen molar-refractivity contribution in [3.63, 3.8) is 0 Å². The fourth-order valence-corrected chi connectivity index (χ4v) is 2.32. The van der Waals surface area contributed by atoms with Gasteiger partial charge in [0.1, 0.15) is 17.7 Å². The third-order valence-electron chi connectivity index (χ3n) is 3.53. The average Bonchev–Trinajstić information content (AvgIpc) is 2.61. The number of ether oxygens (including phenoxy) is 2. The summed E-state index contributed by atoms with van der Waals surface area (Å²) in [4.78, 5) is 16.3. The van der Waals surface area contributed by atoms with Crippen molar-refractivity contribution in [1.29, 1.82) is 0 Å². The van der Waals surface area contributed by atoms with E-state index in [1.165, 1.54) is 12.1 Å². The number of hydrogen-bond acceptors (Lipinski definition) is 5. The Morgan fingerprint density at radius 3 is 3.12 bits per heavy atom. The highest BCUT2D eigenvalue weighted by Gasteiger charge is 2.21. The maximum absolute atomic E-state index is 13.3. The van der Waals surface area contributed by atoms with Crippen molar-refractivity contribution in [2.45, 2.75) is 12.6 Å². The van der Waals surface area contributed by atoms with Crippen LogP contribution in [0.3, 0.4) is 0 Å². The summed E-state index contributed by atoms with van der Waals surface area (Å²) in [5, 5.41) is 5.91. The Labute approximate surface area is 139 Å². The molecule has 1 amide bonds. The lowest BCUT2D eigenvalue weighted by molar-refractivity contribution is -0.134. The molecule has 0 aliphatic carbocycles. The fraction of sp³-hybridized carbons (Fsp3) is 0.294. The molecule has 3 rings (SSSR count). The third-order valence-corrected chi connectivity index (χ3v) is 3.53. The lowest BCUT2D eigenvalue weighted by atomic mass is 10.2. The largest absolute Gasteiger partial charge is 0.439 e. The Kier molecular flexibility index (Phi) is 5.35. The predicted octanol–water partition coefficient (Wildman–Crippen LogP) is 1.62. The van der Waals surface area contributed by atoms with E-state index in [2.05, 4.69) is 15.6 Å². The Bertz CT molecular complexity index is 705. The second-order valence-electron chi connectivity index (χ2n) is 5.31. The molecule has 0 spiro atoms. The Balaban J connectivity index is 1.64. The van der Waals surface area contributed by atoms with Gasteiger partial charge in [0, 0.05) is 37.5 Å². The summed E-state index contributed by atoms with van der Waals surface area (Å²) in [6, 6.07) is 9.35. The number of benzene rings is 1. The summed E-state index contributed by atoms with van der Waals surface area (Å²) in [6.45, 7) is 2.00. The number of pyridine rings is 1. The topological polar surface area (TPSA) is 72.5 Å². The molecule has 2 N–H and O–H groups in total. The highest BCUT2D eigenvalue weighted by molar-refractivity contribution is 5.81. The van der Waals surface area contributed by atoms with Gasteiger partial charge in [-0.05, 0) is 18.2 Å². The van der Waals surface area contributed by atoms with Crippen molar-refractivity contribution in [3.8, 4) is 11.6 Å². The van der Waals surface area contributed by atoms with Crippen LogP contribution in [0.25, 0.3) is 0 Å². The third kappa shape index (κ3) is 4.27. The molecule has 0 saturated carbocycles. The summed E-state index contributed by atoms with van der Waals surface area (Å²) in [5.74, 6) is 0.0927. The molecule has 7 heteroatoms. The zero-order valence-corrected chi connectivity index (χ0v) is 13.0. The summed E-state index contributed by atoms with van der Waals surface area (Å²) >= 11 is 0. The van der Waals surface area contributed by atoms with E-state index < -0.39 is 6.10 Å². The molecule has 2 aromatic rings. The first kappa shape index (κ1) is 16.4. The molecule has 0 unspecified atom stereocenters. The van der Waals surface area contributed by atoms with E-state index in [0.717, 1.165) is 6.54 Å². The lowest BCUT2D eigenvalue weighted by Gasteiger charge is -2.22. The normalized spacial score (nSPS) is 17.3. The minimum atomic E-state index is -0.497. The molecule has 2 heterocycles. The number of nitrogens with zero attached hydrogens (tertiary/aromatic N) is 1. The van der Waals surface area contributed by atoms with Crippen molar-refractivity contribution >= 4 is 5.91 Å². The van der Waals surface area contributed by atoms with Gasteiger partial charge in [0.25, 0.3) is 5.91 Å². The summed E-state index contributed by atoms with van der Waals surface area (Å²) in [7, 11) is 0. The van der Waals surface area contributed by atoms with Gasteiger partial charge in [0.15, 0.2) is 0 Å². The van der Waals surface area contributed by atoms with Crippen molar-refractivity contribution in [3.05, 3.63) is 54.0 Å². The zero-order valence-electron chi connectivity index (χ0n) is 13.0. The molecular formula is C17H18FN3O3. The number of morpholine rings is 1. The lowest BCUT2D eigenvalue weighted by Crippen LogP contribution is -2.47. The maximum atomic E-state index is 13.3. The average molecular weight is 331 g/mol. The van der Waals surface area contributed by atoms with Crippen LogP contribution in [0.1, 0.15) is 5.56 Å². The summed E-state index contributed by atoms with van der Waals surface area (Å²) in [5.41, 5.74) is 0.693. The SMILES string of the molecule is O=C(NCc1cccnc1Oc1cccc(F)c1)[C@@H]1CNCCO1. The summed E-state index contributed by atoms with van der Waals surface area (Å²) < 4.78 is 24.3. The second-order valence-corrected chi connectivity index (χ2v) is 5.31. The van der Waals surface area contributed by atoms with Crippen LogP contribution in [-0.2, 0) is 16.1 Å². The molecule has 6 nitrogen and oxygen atoms in total. The van der Waals surface area contributed by atoms with Crippen LogP contribution in [0, 0.1) is 5.82 Å². The van der Waals surface area contributed by atoms with Crippen molar-refractivity contribution < 1.29 is 18.7 Å². The van der Waals surface area contributed by atoms with Gasteiger partial charge < -0.3 is 20.1 Å². The quantitative estimate of drug-likeness (QED) is 0.871. The molecule has 24 heavy (non-hydrogen) atoms. The molecule has 0 bridgehead atoms. The van der Waals surface area contributed by atoms with E-state index >= 15 is 0 Å². The smallest absolute Gasteiger partial charge is 0.250 e. The molecular weight excluding hydrogens is 313 g/mol. The zero-order chi connectivity index (χ0) is 16.8. The van der Waals surface area contributed by atoms with Crippen LogP contribution in [-0.4, -0.2) is 36.7 Å². The number of aromatic nitrogens is 1. The van der Waals surface area contributed by atoms with E-state index in [1.54, 1.807) is 30.5 Å². The molecule has 1 aliphatic rings. The number of carbonyl (C=O) groups excluding carboxylic acids is 1. The highest BCUT2D eigenvalue weighted by atomic mass is 19.1. The molecule has 1 aromatic heterocycles. The molecule has 1 aliphatic heterocycles. The Morgan fingerprint density at radius 1 is 1.42 bits per heavy atom. The van der Waals surface area contributed by atoms with Gasteiger partial charge >= 0.3 is 0 Å². The molecule has 1 aromatic carbocycles. The molecule has 1 fully saturated rings. The van der Waals surface area contributed by atoms with Crippen LogP contribution < -0.4 is 15.4 Å². The van der Waals surface area contributed by atoms with Crippen LogP contribution >= 0.6 is 0 Å². The number of carbonyl (C=O) groups is 1. The predicted molar refractivity (Wildman–Crippen MR) is 85.2 cm³/mol. The summed E-state index contributed by atoms with van der Waals surface area (Å²) in [6.07, 6.45) is 1.08. The standard InChI is InChI=1S/C17H18FN3O3/c18-13-4-1-5-14(9-13)24-17-12(3-2-6-20-17)10-21-16(22)15-11-19-7-8-23-15/h1-6,9,15,19H,7-8,10-11H2,(H,21,22)/t15-/m0/s1. The number of amides is 1. The first-order valence-electron chi connectivity index (χ1n) is 7.70. The number of rotatable bonds is 5. The number of hydrogen-bond donors (Lipinski definition) is 2. The van der Waals surface area contributed by atoms with Gasteiger partial charge in [-0.1, -0.05) is 12.1 Å². The van der Waals surface area contributed by atoms with Crippen molar-refractivity contribution in [2.24, 2.45) is 0 Å². The Morgan fingerprint density at radius 2 is 2.33 bits per heavy atom. The van der Waals surface area contributed by atoms with Gasteiger partial charge in [-0.3, -0.25) is 4.79 Å². The van der Waals surface area contributed by atoms with Crippen LogP contribution in [0.2, 0.25) is 0 Å².